The van der Waals surface area contributed by atoms with E-state index < -0.39 is 10.0 Å². The normalized spacial score (nSPS) is 15.0. The third-order valence-electron chi connectivity index (χ3n) is 4.37. The molecule has 3 aromatic rings. The van der Waals surface area contributed by atoms with Crippen molar-refractivity contribution < 1.29 is 22.5 Å². The topological polar surface area (TPSA) is 102 Å². The predicted molar refractivity (Wildman–Crippen MR) is 103 cm³/mol. The summed E-state index contributed by atoms with van der Waals surface area (Å²) >= 11 is 6.04. The van der Waals surface area contributed by atoms with Gasteiger partial charge < -0.3 is 14.2 Å². The molecular formula is C18H16ClN3O5S. The maximum absolute atomic E-state index is 12.8. The van der Waals surface area contributed by atoms with Gasteiger partial charge in [0.15, 0.2) is 11.3 Å². The number of benzene rings is 2. The summed E-state index contributed by atoms with van der Waals surface area (Å²) in [5.74, 6) is -0.323. The Morgan fingerprint density at radius 2 is 1.89 bits per heavy atom. The van der Waals surface area contributed by atoms with Crippen LogP contribution in [0, 0.1) is 0 Å². The fourth-order valence-corrected chi connectivity index (χ4v) is 4.25. The lowest BCUT2D eigenvalue weighted by Gasteiger charge is -2.25. The fourth-order valence-electron chi connectivity index (χ4n) is 2.90. The second-order valence-electron chi connectivity index (χ2n) is 6.18. The lowest BCUT2D eigenvalue weighted by molar-refractivity contribution is 0.0297. The molecule has 2 aromatic carbocycles. The summed E-state index contributed by atoms with van der Waals surface area (Å²) in [7, 11) is -3.92. The smallest absolute Gasteiger partial charge is 0.276 e. The lowest BCUT2D eigenvalue weighted by Crippen LogP contribution is -2.40. The molecule has 0 atom stereocenters. The first kappa shape index (κ1) is 18.7. The van der Waals surface area contributed by atoms with Crippen LogP contribution < -0.4 is 4.72 Å². The number of rotatable bonds is 4. The van der Waals surface area contributed by atoms with Crippen LogP contribution in [0.15, 0.2) is 51.9 Å². The molecule has 4 rings (SSSR count). The molecular weight excluding hydrogens is 406 g/mol. The van der Waals surface area contributed by atoms with Gasteiger partial charge in [0.2, 0.25) is 0 Å². The van der Waals surface area contributed by atoms with Crippen molar-refractivity contribution in [1.82, 2.24) is 10.1 Å². The van der Waals surface area contributed by atoms with E-state index in [1.165, 1.54) is 18.2 Å². The van der Waals surface area contributed by atoms with Crippen molar-refractivity contribution in [3.05, 3.63) is 53.2 Å². The van der Waals surface area contributed by atoms with Crippen LogP contribution in [-0.4, -0.2) is 50.7 Å². The summed E-state index contributed by atoms with van der Waals surface area (Å²) in [6, 6.07) is 10.7. The molecule has 0 aliphatic carbocycles. The standard InChI is InChI=1S/C18H16ClN3O5S/c19-14-3-1-2-4-15(14)21-28(24,25)12-5-6-16-13(11-12)17(20-27-16)18(23)22-7-9-26-10-8-22/h1-6,11,21H,7-10H2. The second kappa shape index (κ2) is 7.42. The number of ether oxygens (including phenoxy) is 1. The van der Waals surface area contributed by atoms with Gasteiger partial charge in [0.1, 0.15) is 0 Å². The monoisotopic (exact) mass is 421 g/mol. The van der Waals surface area contributed by atoms with Gasteiger partial charge in [0, 0.05) is 13.1 Å². The van der Waals surface area contributed by atoms with Crippen molar-refractivity contribution in [1.29, 1.82) is 0 Å². The summed E-state index contributed by atoms with van der Waals surface area (Å²) in [4.78, 5) is 14.3. The molecule has 1 amide bonds. The molecule has 0 saturated carbocycles. The minimum absolute atomic E-state index is 0.0286. The van der Waals surface area contributed by atoms with Crippen LogP contribution >= 0.6 is 11.6 Å². The summed E-state index contributed by atoms with van der Waals surface area (Å²) in [6.07, 6.45) is 0. The van der Waals surface area contributed by atoms with Crippen LogP contribution in [0.4, 0.5) is 5.69 Å². The van der Waals surface area contributed by atoms with Gasteiger partial charge >= 0.3 is 0 Å². The molecule has 28 heavy (non-hydrogen) atoms. The Labute approximate surface area is 166 Å². The van der Waals surface area contributed by atoms with E-state index in [1.54, 1.807) is 29.2 Å². The number of carbonyl (C=O) groups is 1. The molecule has 146 valence electrons. The maximum atomic E-state index is 12.8. The van der Waals surface area contributed by atoms with Gasteiger partial charge in [0.25, 0.3) is 15.9 Å². The van der Waals surface area contributed by atoms with Crippen molar-refractivity contribution in [2.45, 2.75) is 4.90 Å². The second-order valence-corrected chi connectivity index (χ2v) is 8.27. The third kappa shape index (κ3) is 3.56. The number of nitrogens with one attached hydrogen (secondary N) is 1. The molecule has 0 unspecified atom stereocenters. The number of carbonyl (C=O) groups excluding carboxylic acids is 1. The van der Waals surface area contributed by atoms with E-state index >= 15 is 0 Å². The number of amides is 1. The SMILES string of the molecule is O=C(c1noc2ccc(S(=O)(=O)Nc3ccccc3Cl)cc12)N1CCOCC1. The number of para-hydroxylation sites is 1. The van der Waals surface area contributed by atoms with E-state index in [4.69, 9.17) is 20.9 Å². The molecule has 1 N–H and O–H groups in total. The Kier molecular flexibility index (Phi) is 4.96. The number of halogens is 1. The average molecular weight is 422 g/mol. The number of sulfonamides is 1. The van der Waals surface area contributed by atoms with E-state index in [1.807, 2.05) is 0 Å². The molecule has 0 bridgehead atoms. The minimum Gasteiger partial charge on any atom is -0.378 e. The Morgan fingerprint density at radius 1 is 1.14 bits per heavy atom. The molecule has 1 aliphatic rings. The van der Waals surface area contributed by atoms with Crippen LogP contribution in [0.5, 0.6) is 0 Å². The zero-order chi connectivity index (χ0) is 19.7. The van der Waals surface area contributed by atoms with E-state index in [-0.39, 0.29) is 27.2 Å². The number of aromatic nitrogens is 1. The number of nitrogens with zero attached hydrogens (tertiary/aromatic N) is 2. The third-order valence-corrected chi connectivity index (χ3v) is 6.06. The number of hydrogen-bond acceptors (Lipinski definition) is 6. The largest absolute Gasteiger partial charge is 0.378 e. The molecule has 1 aromatic heterocycles. The minimum atomic E-state index is -3.92. The summed E-state index contributed by atoms with van der Waals surface area (Å²) < 4.78 is 38.4. The number of morpholine rings is 1. The van der Waals surface area contributed by atoms with Gasteiger partial charge in [-0.15, -0.1) is 0 Å². The lowest BCUT2D eigenvalue weighted by atomic mass is 10.2. The first-order chi connectivity index (χ1) is 13.5. The van der Waals surface area contributed by atoms with Crippen molar-refractivity contribution in [3.63, 3.8) is 0 Å². The number of anilines is 1. The molecule has 2 heterocycles. The highest BCUT2D eigenvalue weighted by molar-refractivity contribution is 7.92. The summed E-state index contributed by atoms with van der Waals surface area (Å²) in [6.45, 7) is 1.78. The van der Waals surface area contributed by atoms with E-state index in [0.29, 0.717) is 37.3 Å². The Bertz CT molecular complexity index is 1140. The highest BCUT2D eigenvalue weighted by Crippen LogP contribution is 2.27. The number of fused-ring (bicyclic) bond motifs is 1. The molecule has 8 nitrogen and oxygen atoms in total. The first-order valence-electron chi connectivity index (χ1n) is 8.49. The zero-order valence-electron chi connectivity index (χ0n) is 14.6. The molecule has 1 fully saturated rings. The van der Waals surface area contributed by atoms with Gasteiger partial charge in [-0.1, -0.05) is 28.9 Å². The van der Waals surface area contributed by atoms with Crippen LogP contribution in [0.25, 0.3) is 11.0 Å². The van der Waals surface area contributed by atoms with Crippen molar-refractivity contribution in [2.24, 2.45) is 0 Å². The van der Waals surface area contributed by atoms with Crippen molar-refractivity contribution in [3.8, 4) is 0 Å². The Hall–Kier alpha value is -2.62. The summed E-state index contributed by atoms with van der Waals surface area (Å²) in [5.41, 5.74) is 0.666. The van der Waals surface area contributed by atoms with Gasteiger partial charge in [0.05, 0.1) is 34.2 Å². The van der Waals surface area contributed by atoms with Gasteiger partial charge in [-0.25, -0.2) is 8.42 Å². The van der Waals surface area contributed by atoms with E-state index in [2.05, 4.69) is 9.88 Å². The Morgan fingerprint density at radius 3 is 2.64 bits per heavy atom. The maximum Gasteiger partial charge on any atom is 0.276 e. The molecule has 1 aliphatic heterocycles. The number of hydrogen-bond donors (Lipinski definition) is 1. The Balaban J connectivity index is 1.69. The zero-order valence-corrected chi connectivity index (χ0v) is 16.2. The highest BCUT2D eigenvalue weighted by atomic mass is 35.5. The van der Waals surface area contributed by atoms with Gasteiger partial charge in [-0.2, -0.15) is 0 Å². The van der Waals surface area contributed by atoms with Crippen LogP contribution in [0.1, 0.15) is 10.5 Å². The summed E-state index contributed by atoms with van der Waals surface area (Å²) in [5, 5.41) is 4.46. The fraction of sp³-hybridized carbons (Fsp3) is 0.222. The van der Waals surface area contributed by atoms with Crippen molar-refractivity contribution >= 4 is 44.2 Å². The van der Waals surface area contributed by atoms with Crippen molar-refractivity contribution in [2.75, 3.05) is 31.0 Å². The van der Waals surface area contributed by atoms with Crippen LogP contribution in [0.2, 0.25) is 5.02 Å². The van der Waals surface area contributed by atoms with Gasteiger partial charge in [-0.3, -0.25) is 9.52 Å². The quantitative estimate of drug-likeness (QED) is 0.695. The van der Waals surface area contributed by atoms with E-state index in [9.17, 15) is 13.2 Å². The first-order valence-corrected chi connectivity index (χ1v) is 10.4. The van der Waals surface area contributed by atoms with Crippen LogP contribution in [0.3, 0.4) is 0 Å². The molecule has 0 radical (unpaired) electrons. The molecule has 10 heteroatoms. The molecule has 1 saturated heterocycles. The molecule has 0 spiro atoms. The average Bonchev–Trinajstić information content (AvgIpc) is 3.13. The van der Waals surface area contributed by atoms with Crippen LogP contribution in [-0.2, 0) is 14.8 Å². The predicted octanol–water partition coefficient (Wildman–Crippen LogP) is 2.75. The van der Waals surface area contributed by atoms with E-state index in [0.717, 1.165) is 0 Å². The highest BCUT2D eigenvalue weighted by Gasteiger charge is 2.25. The van der Waals surface area contributed by atoms with Gasteiger partial charge in [-0.05, 0) is 30.3 Å².